The van der Waals surface area contributed by atoms with E-state index in [9.17, 15) is 9.59 Å². The summed E-state index contributed by atoms with van der Waals surface area (Å²) in [6, 6.07) is -1.82. The summed E-state index contributed by atoms with van der Waals surface area (Å²) in [6.45, 7) is 3.90. The standard InChI is InChI=1S/2C11H21NO3.C2H2O4/c2*1-8(13)10(12)11(14)15-7-9-5-3-2-4-6-9;3-1(4)2(5)6/h2*8-10,13H,2-7,12H2,1H3;(H,3,4)(H,5,6). The number of carboxylic acid groups (broad SMARTS) is 2. The number of hydrogen-bond acceptors (Lipinski definition) is 10. The van der Waals surface area contributed by atoms with Gasteiger partial charge in [-0.2, -0.15) is 0 Å². The highest BCUT2D eigenvalue weighted by atomic mass is 16.5. The predicted molar refractivity (Wildman–Crippen MR) is 130 cm³/mol. The molecular formula is C24H44N2O10. The zero-order chi connectivity index (χ0) is 27.7. The highest BCUT2D eigenvalue weighted by Gasteiger charge is 2.23. The second-order valence-corrected chi connectivity index (χ2v) is 9.41. The number of aliphatic hydroxyl groups is 2. The topological polar surface area (TPSA) is 220 Å². The van der Waals surface area contributed by atoms with Crippen molar-refractivity contribution in [1.29, 1.82) is 0 Å². The van der Waals surface area contributed by atoms with Crippen molar-refractivity contribution in [3.8, 4) is 0 Å². The molecule has 0 saturated heterocycles. The van der Waals surface area contributed by atoms with E-state index in [2.05, 4.69) is 0 Å². The minimum absolute atomic E-state index is 0.458. The van der Waals surface area contributed by atoms with Crippen molar-refractivity contribution < 1.29 is 49.1 Å². The maximum Gasteiger partial charge on any atom is 0.414 e. The number of hydrogen-bond donors (Lipinski definition) is 6. The largest absolute Gasteiger partial charge is 0.473 e. The van der Waals surface area contributed by atoms with Crippen molar-refractivity contribution in [2.24, 2.45) is 23.3 Å². The number of aliphatic carboxylic acids is 2. The molecule has 8 N–H and O–H groups in total. The van der Waals surface area contributed by atoms with E-state index in [1.165, 1.54) is 52.4 Å². The second kappa shape index (κ2) is 18.9. The Morgan fingerprint density at radius 2 is 0.944 bits per heavy atom. The maximum atomic E-state index is 11.3. The number of rotatable bonds is 8. The van der Waals surface area contributed by atoms with Crippen LogP contribution < -0.4 is 11.5 Å². The first-order valence-electron chi connectivity index (χ1n) is 12.5. The van der Waals surface area contributed by atoms with E-state index in [0.29, 0.717) is 25.0 Å². The molecule has 0 bridgehead atoms. The second-order valence-electron chi connectivity index (χ2n) is 9.41. The number of carbonyl (C=O) groups excluding carboxylic acids is 2. The van der Waals surface area contributed by atoms with E-state index in [-0.39, 0.29) is 0 Å². The van der Waals surface area contributed by atoms with Crippen molar-refractivity contribution in [3.05, 3.63) is 0 Å². The number of carbonyl (C=O) groups is 4. The Balaban J connectivity index is 0.000000558. The summed E-state index contributed by atoms with van der Waals surface area (Å²) in [5.74, 6) is -3.65. The number of aliphatic hydroxyl groups excluding tert-OH is 2. The lowest BCUT2D eigenvalue weighted by Crippen LogP contribution is -2.42. The summed E-state index contributed by atoms with van der Waals surface area (Å²) in [5, 5.41) is 33.0. The number of carboxylic acids is 2. The Hall–Kier alpha value is -2.28. The summed E-state index contributed by atoms with van der Waals surface area (Å²) >= 11 is 0. The summed E-state index contributed by atoms with van der Waals surface area (Å²) < 4.78 is 10.2. The SMILES string of the molecule is CC(O)C(N)C(=O)OCC1CCCCC1.CC(O)C(N)C(=O)OCC1CCCCC1.O=C(O)C(=O)O. The molecule has 0 aliphatic heterocycles. The summed E-state index contributed by atoms with van der Waals surface area (Å²) in [5.41, 5.74) is 10.9. The van der Waals surface area contributed by atoms with Gasteiger partial charge in [-0.3, -0.25) is 9.59 Å². The number of ether oxygens (including phenoxy) is 2. The maximum absolute atomic E-state index is 11.3. The lowest BCUT2D eigenvalue weighted by molar-refractivity contribution is -0.159. The zero-order valence-corrected chi connectivity index (χ0v) is 21.3. The molecule has 0 spiro atoms. The van der Waals surface area contributed by atoms with E-state index in [0.717, 1.165) is 25.7 Å². The molecule has 2 aliphatic rings. The minimum atomic E-state index is -1.82. The van der Waals surface area contributed by atoms with Gasteiger partial charge in [-0.25, -0.2) is 9.59 Å². The monoisotopic (exact) mass is 520 g/mol. The molecule has 4 atom stereocenters. The van der Waals surface area contributed by atoms with Gasteiger partial charge >= 0.3 is 23.9 Å². The Labute approximate surface area is 212 Å². The molecule has 0 heterocycles. The quantitative estimate of drug-likeness (QED) is 0.193. The average molecular weight is 521 g/mol. The van der Waals surface area contributed by atoms with Gasteiger partial charge in [0, 0.05) is 0 Å². The van der Waals surface area contributed by atoms with Crippen molar-refractivity contribution >= 4 is 23.9 Å². The first-order valence-corrected chi connectivity index (χ1v) is 12.5. The summed E-state index contributed by atoms with van der Waals surface area (Å²) in [7, 11) is 0. The zero-order valence-electron chi connectivity index (χ0n) is 21.3. The molecule has 0 amide bonds. The van der Waals surface area contributed by atoms with Crippen LogP contribution in [-0.2, 0) is 28.7 Å². The van der Waals surface area contributed by atoms with E-state index < -0.39 is 48.2 Å². The van der Waals surface area contributed by atoms with Crippen molar-refractivity contribution in [3.63, 3.8) is 0 Å². The molecule has 0 aromatic rings. The highest BCUT2D eigenvalue weighted by Crippen LogP contribution is 2.24. The van der Waals surface area contributed by atoms with Crippen LogP contribution in [0.4, 0.5) is 0 Å². The van der Waals surface area contributed by atoms with E-state index >= 15 is 0 Å². The summed E-state index contributed by atoms with van der Waals surface area (Å²) in [6.07, 6.45) is 10.3. The van der Waals surface area contributed by atoms with Crippen LogP contribution >= 0.6 is 0 Å². The van der Waals surface area contributed by atoms with Gasteiger partial charge in [0.15, 0.2) is 0 Å². The van der Waals surface area contributed by atoms with Gasteiger partial charge < -0.3 is 41.4 Å². The predicted octanol–water partition coefficient (Wildman–Crippen LogP) is 0.792. The smallest absolute Gasteiger partial charge is 0.414 e. The molecule has 2 saturated carbocycles. The van der Waals surface area contributed by atoms with E-state index in [1.54, 1.807) is 0 Å². The fourth-order valence-electron chi connectivity index (χ4n) is 3.69. The first-order chi connectivity index (χ1) is 16.9. The molecule has 2 fully saturated rings. The van der Waals surface area contributed by atoms with Gasteiger partial charge in [-0.05, 0) is 51.4 Å². The third-order valence-electron chi connectivity index (χ3n) is 6.14. The molecule has 12 heteroatoms. The van der Waals surface area contributed by atoms with Crippen molar-refractivity contribution in [1.82, 2.24) is 0 Å². The molecule has 2 rings (SSSR count). The van der Waals surface area contributed by atoms with Crippen LogP contribution in [0.1, 0.15) is 78.1 Å². The van der Waals surface area contributed by atoms with Crippen LogP contribution in [0.3, 0.4) is 0 Å². The van der Waals surface area contributed by atoms with Crippen molar-refractivity contribution in [2.75, 3.05) is 13.2 Å². The summed E-state index contributed by atoms with van der Waals surface area (Å²) in [4.78, 5) is 40.8. The molecule has 4 unspecified atom stereocenters. The Morgan fingerprint density at radius 3 is 1.17 bits per heavy atom. The average Bonchev–Trinajstić information content (AvgIpc) is 2.86. The lowest BCUT2D eigenvalue weighted by Gasteiger charge is -2.22. The van der Waals surface area contributed by atoms with Crippen molar-refractivity contribution in [2.45, 2.75) is 102 Å². The third kappa shape index (κ3) is 15.7. The van der Waals surface area contributed by atoms with Gasteiger partial charge in [0.2, 0.25) is 0 Å². The van der Waals surface area contributed by atoms with Crippen LogP contribution in [0.15, 0.2) is 0 Å². The van der Waals surface area contributed by atoms with Gasteiger partial charge in [0.25, 0.3) is 0 Å². The molecule has 210 valence electrons. The lowest BCUT2D eigenvalue weighted by atomic mass is 9.90. The fraction of sp³-hybridized carbons (Fsp3) is 0.833. The normalized spacial score (nSPS) is 19.6. The third-order valence-corrected chi connectivity index (χ3v) is 6.14. The highest BCUT2D eigenvalue weighted by molar-refractivity contribution is 6.27. The molecule has 2 aliphatic carbocycles. The van der Waals surface area contributed by atoms with Crippen LogP contribution in [0.2, 0.25) is 0 Å². The first kappa shape index (κ1) is 33.7. The Morgan fingerprint density at radius 1 is 0.667 bits per heavy atom. The van der Waals surface area contributed by atoms with E-state index in [1.807, 2.05) is 0 Å². The number of esters is 2. The molecule has 0 aromatic heterocycles. The number of nitrogens with two attached hydrogens (primary N) is 2. The van der Waals surface area contributed by atoms with Crippen LogP contribution in [0.5, 0.6) is 0 Å². The fourth-order valence-corrected chi connectivity index (χ4v) is 3.69. The van der Waals surface area contributed by atoms with Gasteiger partial charge in [0.1, 0.15) is 12.1 Å². The molecule has 0 radical (unpaired) electrons. The molecule has 36 heavy (non-hydrogen) atoms. The van der Waals surface area contributed by atoms with Crippen LogP contribution in [0, 0.1) is 11.8 Å². The Bertz CT molecular complexity index is 603. The molecular weight excluding hydrogens is 476 g/mol. The molecule has 12 nitrogen and oxygen atoms in total. The van der Waals surface area contributed by atoms with Gasteiger partial charge in [-0.15, -0.1) is 0 Å². The van der Waals surface area contributed by atoms with Crippen LogP contribution in [-0.4, -0.2) is 81.8 Å². The molecule has 0 aromatic carbocycles. The Kier molecular flexibility index (Phi) is 17.7. The minimum Gasteiger partial charge on any atom is -0.473 e. The van der Waals surface area contributed by atoms with Crippen LogP contribution in [0.25, 0.3) is 0 Å². The van der Waals surface area contributed by atoms with Gasteiger partial charge in [0.05, 0.1) is 25.4 Å². The van der Waals surface area contributed by atoms with E-state index in [4.69, 9.17) is 51.0 Å². The van der Waals surface area contributed by atoms with Gasteiger partial charge in [-0.1, -0.05) is 38.5 Å².